The van der Waals surface area contributed by atoms with Crippen molar-refractivity contribution < 1.29 is 9.53 Å². The summed E-state index contributed by atoms with van der Waals surface area (Å²) in [6.45, 7) is 6.28. The summed E-state index contributed by atoms with van der Waals surface area (Å²) < 4.78 is 5.38. The first-order chi connectivity index (χ1) is 19.9. The normalized spacial score (nSPS) is 21.7. The number of nitrogens with one attached hydrogen (secondary N) is 2. The monoisotopic (exact) mass is 551 g/mol. The van der Waals surface area contributed by atoms with Crippen molar-refractivity contribution in [3.63, 3.8) is 0 Å². The third-order valence-corrected chi connectivity index (χ3v) is 9.46. The number of aromatic nitrogens is 1. The third-order valence-electron chi connectivity index (χ3n) is 9.46. The lowest BCUT2D eigenvalue weighted by molar-refractivity contribution is 0.0696. The number of carbonyl (C=O) groups excluding carboxylic acids is 1. The molecule has 1 atom stereocenters. The second-order valence-corrected chi connectivity index (χ2v) is 12.1. The van der Waals surface area contributed by atoms with Crippen molar-refractivity contribution in [2.75, 3.05) is 32.0 Å². The van der Waals surface area contributed by atoms with Crippen LogP contribution in [0.2, 0.25) is 0 Å². The molecule has 6 rings (SSSR count). The van der Waals surface area contributed by atoms with Gasteiger partial charge in [0.1, 0.15) is 5.82 Å². The van der Waals surface area contributed by atoms with Gasteiger partial charge in [-0.05, 0) is 106 Å². The van der Waals surface area contributed by atoms with Crippen LogP contribution in [0.4, 0.5) is 5.82 Å². The molecule has 4 N–H and O–H groups in total. The number of pyridine rings is 1. The van der Waals surface area contributed by atoms with E-state index in [9.17, 15) is 4.79 Å². The van der Waals surface area contributed by atoms with Crippen LogP contribution < -0.4 is 11.1 Å². The van der Waals surface area contributed by atoms with Crippen molar-refractivity contribution in [2.45, 2.75) is 69.9 Å². The Labute approximate surface area is 243 Å². The number of nitrogens with zero attached hydrogens (tertiary/aromatic N) is 2. The fourth-order valence-electron chi connectivity index (χ4n) is 6.68. The molecule has 2 saturated heterocycles. The van der Waals surface area contributed by atoms with Gasteiger partial charge in [-0.3, -0.25) is 15.1 Å². The summed E-state index contributed by atoms with van der Waals surface area (Å²) in [7, 11) is 0. The lowest BCUT2D eigenvalue weighted by atomic mass is 9.90. The number of amides is 1. The molecule has 0 spiro atoms. The second-order valence-electron chi connectivity index (χ2n) is 12.1. The zero-order valence-corrected chi connectivity index (χ0v) is 24.0. The van der Waals surface area contributed by atoms with Gasteiger partial charge in [-0.1, -0.05) is 30.3 Å². The molecule has 1 aliphatic carbocycles. The van der Waals surface area contributed by atoms with Crippen LogP contribution in [0, 0.1) is 5.41 Å². The number of ether oxygens (including phenoxy) is 1. The Morgan fingerprint density at radius 3 is 2.39 bits per heavy atom. The van der Waals surface area contributed by atoms with Crippen molar-refractivity contribution in [2.24, 2.45) is 0 Å². The molecule has 0 radical (unpaired) electrons. The molecule has 41 heavy (non-hydrogen) atoms. The molecule has 1 aromatic heterocycles. The first kappa shape index (κ1) is 27.6. The Morgan fingerprint density at radius 1 is 0.976 bits per heavy atom. The molecule has 0 saturated carbocycles. The molecule has 1 unspecified atom stereocenters. The Morgan fingerprint density at radius 2 is 1.66 bits per heavy atom. The molecule has 2 fully saturated rings. The van der Waals surface area contributed by atoms with Crippen molar-refractivity contribution in [1.29, 1.82) is 5.41 Å². The SMILES string of the molecule is CC1(N2CCCC2)CCc2ccc(-c3cnc(N)c(C(=N)c4ccc(C(=O)NC5CCOCC5)cc4)c3)cc2CC1. The molecule has 214 valence electrons. The van der Waals surface area contributed by atoms with E-state index in [-0.39, 0.29) is 17.5 Å². The van der Waals surface area contributed by atoms with Crippen molar-refractivity contribution in [3.05, 3.63) is 82.5 Å². The van der Waals surface area contributed by atoms with Gasteiger partial charge in [0.15, 0.2) is 0 Å². The van der Waals surface area contributed by atoms with Gasteiger partial charge in [-0.2, -0.15) is 0 Å². The first-order valence-electron chi connectivity index (χ1n) is 15.1. The molecule has 2 aromatic carbocycles. The van der Waals surface area contributed by atoms with Crippen LogP contribution in [0.25, 0.3) is 11.1 Å². The summed E-state index contributed by atoms with van der Waals surface area (Å²) in [5.74, 6) is 0.235. The fourth-order valence-corrected chi connectivity index (χ4v) is 6.68. The average molecular weight is 552 g/mol. The Balaban J connectivity index is 1.18. The number of fused-ring (bicyclic) bond motifs is 1. The van der Waals surface area contributed by atoms with Crippen LogP contribution >= 0.6 is 0 Å². The standard InChI is InChI=1S/C34H41N5O2/c1-34(39-16-2-3-17-39)14-10-23-4-9-26(20-27(23)11-15-34)28-21-30(32(36)37-22-28)31(35)24-5-7-25(8-6-24)33(40)38-29-12-18-41-19-13-29/h4-9,20-22,29,35H,2-3,10-19H2,1H3,(H2,36,37)(H,38,40). The van der Waals surface area contributed by atoms with Crippen molar-refractivity contribution in [3.8, 4) is 11.1 Å². The molecule has 3 aliphatic rings. The Hall–Kier alpha value is -3.55. The summed E-state index contributed by atoms with van der Waals surface area (Å²) >= 11 is 0. The third kappa shape index (κ3) is 5.92. The van der Waals surface area contributed by atoms with E-state index in [0.717, 1.165) is 36.8 Å². The molecule has 2 aliphatic heterocycles. The molecule has 0 bridgehead atoms. The van der Waals surface area contributed by atoms with Crippen LogP contribution in [-0.2, 0) is 17.6 Å². The lowest BCUT2D eigenvalue weighted by Gasteiger charge is -2.38. The first-order valence-corrected chi connectivity index (χ1v) is 15.1. The van der Waals surface area contributed by atoms with Crippen LogP contribution in [0.3, 0.4) is 0 Å². The van der Waals surface area contributed by atoms with Gasteiger partial charge in [0.2, 0.25) is 0 Å². The molecule has 1 amide bonds. The molecule has 3 heterocycles. The van der Waals surface area contributed by atoms with E-state index in [1.54, 1.807) is 12.1 Å². The maximum Gasteiger partial charge on any atom is 0.251 e. The highest BCUT2D eigenvalue weighted by molar-refractivity contribution is 6.14. The van der Waals surface area contributed by atoms with Gasteiger partial charge in [0.05, 0.1) is 5.71 Å². The second kappa shape index (κ2) is 11.7. The number of likely N-dealkylation sites (tertiary alicyclic amines) is 1. The molecular formula is C34H41N5O2. The summed E-state index contributed by atoms with van der Waals surface area (Å²) in [5, 5.41) is 12.0. The quantitative estimate of drug-likeness (QED) is 0.282. The zero-order valence-electron chi connectivity index (χ0n) is 24.0. The highest BCUT2D eigenvalue weighted by Gasteiger charge is 2.34. The summed E-state index contributed by atoms with van der Waals surface area (Å²) in [4.78, 5) is 19.9. The number of nitrogens with two attached hydrogens (primary N) is 1. The highest BCUT2D eigenvalue weighted by Crippen LogP contribution is 2.36. The Kier molecular flexibility index (Phi) is 7.91. The number of carbonyl (C=O) groups is 1. The van der Waals surface area contributed by atoms with E-state index in [4.69, 9.17) is 15.9 Å². The number of benzene rings is 2. The van der Waals surface area contributed by atoms with Gasteiger partial charge < -0.3 is 15.8 Å². The number of hydrogen-bond donors (Lipinski definition) is 3. The van der Waals surface area contributed by atoms with Gasteiger partial charge >= 0.3 is 0 Å². The van der Waals surface area contributed by atoms with Gasteiger partial charge in [-0.25, -0.2) is 4.98 Å². The van der Waals surface area contributed by atoms with Gasteiger partial charge in [0.25, 0.3) is 5.91 Å². The minimum Gasteiger partial charge on any atom is -0.383 e. The number of rotatable bonds is 6. The van der Waals surface area contributed by atoms with Crippen LogP contribution in [-0.4, -0.2) is 59.4 Å². The van der Waals surface area contributed by atoms with E-state index >= 15 is 0 Å². The number of anilines is 1. The zero-order chi connectivity index (χ0) is 28.4. The maximum absolute atomic E-state index is 12.7. The number of nitrogen functional groups attached to an aromatic ring is 1. The van der Waals surface area contributed by atoms with E-state index in [0.29, 0.717) is 41.4 Å². The fraction of sp³-hybridized carbons (Fsp3) is 0.441. The summed E-state index contributed by atoms with van der Waals surface area (Å²) in [6.07, 6.45) is 10.7. The minimum absolute atomic E-state index is 0.0953. The van der Waals surface area contributed by atoms with Crippen molar-refractivity contribution in [1.82, 2.24) is 15.2 Å². The van der Waals surface area contributed by atoms with E-state index < -0.39 is 0 Å². The van der Waals surface area contributed by atoms with E-state index in [1.165, 1.54) is 49.9 Å². The predicted molar refractivity (Wildman–Crippen MR) is 164 cm³/mol. The van der Waals surface area contributed by atoms with Crippen LogP contribution in [0.1, 0.15) is 78.1 Å². The molecular weight excluding hydrogens is 510 g/mol. The largest absolute Gasteiger partial charge is 0.383 e. The number of hydrogen-bond acceptors (Lipinski definition) is 6. The van der Waals surface area contributed by atoms with Crippen molar-refractivity contribution >= 4 is 17.4 Å². The molecule has 7 heteroatoms. The molecule has 7 nitrogen and oxygen atoms in total. The highest BCUT2D eigenvalue weighted by atomic mass is 16.5. The average Bonchev–Trinajstić information content (AvgIpc) is 3.50. The maximum atomic E-state index is 12.7. The van der Waals surface area contributed by atoms with Gasteiger partial charge in [-0.15, -0.1) is 0 Å². The van der Waals surface area contributed by atoms with E-state index in [1.807, 2.05) is 24.4 Å². The topological polar surface area (TPSA) is 104 Å². The lowest BCUT2D eigenvalue weighted by Crippen LogP contribution is -2.44. The van der Waals surface area contributed by atoms with E-state index in [2.05, 4.69) is 40.3 Å². The van der Waals surface area contributed by atoms with Gasteiger partial charge in [0, 0.05) is 53.2 Å². The summed E-state index contributed by atoms with van der Waals surface area (Å²) in [6, 6.07) is 16.1. The minimum atomic E-state index is -0.0953. The predicted octanol–water partition coefficient (Wildman–Crippen LogP) is 5.39. The van der Waals surface area contributed by atoms with Crippen LogP contribution in [0.5, 0.6) is 0 Å². The molecule has 3 aromatic rings. The Bertz CT molecular complexity index is 1420. The smallest absolute Gasteiger partial charge is 0.251 e. The van der Waals surface area contributed by atoms with Crippen LogP contribution in [0.15, 0.2) is 54.7 Å². The summed E-state index contributed by atoms with van der Waals surface area (Å²) in [5.41, 5.74) is 13.7. The number of aryl methyl sites for hydroxylation is 2.